The Morgan fingerprint density at radius 1 is 1.00 bits per heavy atom. The van der Waals surface area contributed by atoms with Crippen molar-refractivity contribution in [1.29, 1.82) is 0 Å². The summed E-state index contributed by atoms with van der Waals surface area (Å²) in [5.74, 6) is 1.02. The van der Waals surface area contributed by atoms with E-state index in [9.17, 15) is 4.79 Å². The van der Waals surface area contributed by atoms with Crippen molar-refractivity contribution in [3.63, 3.8) is 0 Å². The van der Waals surface area contributed by atoms with Gasteiger partial charge in [0.25, 0.3) is 5.91 Å². The smallest absolute Gasteiger partial charge is 0.256 e. The Morgan fingerprint density at radius 3 is 2.61 bits per heavy atom. The van der Waals surface area contributed by atoms with Gasteiger partial charge in [-0.3, -0.25) is 9.20 Å². The Labute approximate surface area is 212 Å². The Hall–Kier alpha value is -4.21. The molecule has 0 radical (unpaired) electrons. The van der Waals surface area contributed by atoms with E-state index < -0.39 is 0 Å². The number of morpholine rings is 1. The zero-order chi connectivity index (χ0) is 24.3. The van der Waals surface area contributed by atoms with Crippen molar-refractivity contribution in [3.8, 4) is 11.3 Å². The van der Waals surface area contributed by atoms with Crippen LogP contribution in [0.15, 0.2) is 84.5 Å². The summed E-state index contributed by atoms with van der Waals surface area (Å²) in [6, 6.07) is 21.4. The van der Waals surface area contributed by atoms with Gasteiger partial charge in [-0.05, 0) is 48.5 Å². The number of carbonyl (C=O) groups is 1. The van der Waals surface area contributed by atoms with Gasteiger partial charge in [-0.1, -0.05) is 18.2 Å². The van der Waals surface area contributed by atoms with E-state index in [2.05, 4.69) is 49.8 Å². The number of nitrogens with one attached hydrogen (secondary N) is 2. The average Bonchev–Trinajstić information content (AvgIpc) is 3.51. The number of anilines is 4. The van der Waals surface area contributed by atoms with Gasteiger partial charge in [0, 0.05) is 53.4 Å². The quantitative estimate of drug-likeness (QED) is 0.332. The third kappa shape index (κ3) is 4.53. The molecule has 4 heterocycles. The number of rotatable bonds is 6. The first kappa shape index (κ1) is 22.3. The summed E-state index contributed by atoms with van der Waals surface area (Å²) in [6.07, 6.45) is 3.72. The summed E-state index contributed by atoms with van der Waals surface area (Å²) >= 11 is 1.52. The number of carbonyl (C=O) groups excluding carboxylic acids is 1. The van der Waals surface area contributed by atoms with Crippen LogP contribution in [0.5, 0.6) is 0 Å². The molecule has 0 aliphatic carbocycles. The number of aromatic nitrogens is 3. The van der Waals surface area contributed by atoms with Crippen LogP contribution < -0.4 is 15.5 Å². The first-order chi connectivity index (χ1) is 17.7. The fourth-order valence-corrected chi connectivity index (χ4v) is 5.00. The number of amides is 1. The highest BCUT2D eigenvalue weighted by molar-refractivity contribution is 7.15. The fraction of sp³-hybridized carbons (Fsp3) is 0.148. The molecule has 2 aromatic carbocycles. The fourth-order valence-electron chi connectivity index (χ4n) is 4.29. The highest BCUT2D eigenvalue weighted by Gasteiger charge is 2.19. The molecule has 1 saturated heterocycles. The van der Waals surface area contributed by atoms with Gasteiger partial charge in [-0.2, -0.15) is 0 Å². The Morgan fingerprint density at radius 2 is 1.81 bits per heavy atom. The molecule has 2 N–H and O–H groups in total. The van der Waals surface area contributed by atoms with E-state index in [1.165, 1.54) is 17.0 Å². The van der Waals surface area contributed by atoms with Crippen molar-refractivity contribution in [3.05, 3.63) is 90.1 Å². The van der Waals surface area contributed by atoms with Crippen molar-refractivity contribution in [1.82, 2.24) is 14.4 Å². The summed E-state index contributed by atoms with van der Waals surface area (Å²) in [5, 5.41) is 8.36. The minimum absolute atomic E-state index is 0.199. The molecule has 9 heteroatoms. The average molecular weight is 497 g/mol. The van der Waals surface area contributed by atoms with Crippen LogP contribution in [-0.2, 0) is 4.74 Å². The van der Waals surface area contributed by atoms with Gasteiger partial charge in [-0.15, -0.1) is 11.3 Å². The first-order valence-corrected chi connectivity index (χ1v) is 12.6. The topological polar surface area (TPSA) is 83.8 Å². The van der Waals surface area contributed by atoms with Gasteiger partial charge in [-0.25, -0.2) is 9.97 Å². The summed E-state index contributed by atoms with van der Waals surface area (Å²) in [4.78, 5) is 25.2. The first-order valence-electron chi connectivity index (χ1n) is 11.7. The minimum atomic E-state index is -0.199. The standard InChI is InChI=1S/C27H24N6O2S/c34-26(19-4-2-1-3-5-19)30-25-24(33-14-17-36-27(33)31-25)20-10-11-28-23(18-20)29-21-6-8-22(9-7-21)32-12-15-35-16-13-32/h1-11,14,17-18H,12-13,15-16H2,(H,28,29)(H,30,34). The molecule has 1 amide bonds. The number of hydrogen-bond donors (Lipinski definition) is 2. The lowest BCUT2D eigenvalue weighted by Gasteiger charge is -2.28. The van der Waals surface area contributed by atoms with Crippen LogP contribution in [0.4, 0.5) is 23.0 Å². The number of hydrogen-bond acceptors (Lipinski definition) is 7. The summed E-state index contributed by atoms with van der Waals surface area (Å²) in [5.41, 5.74) is 4.42. The van der Waals surface area contributed by atoms with Gasteiger partial charge >= 0.3 is 0 Å². The number of benzene rings is 2. The number of fused-ring (bicyclic) bond motifs is 1. The Balaban J connectivity index is 1.26. The largest absolute Gasteiger partial charge is 0.378 e. The Bertz CT molecular complexity index is 1490. The SMILES string of the molecule is O=C(Nc1nc2sccn2c1-c1ccnc(Nc2ccc(N3CCOCC3)cc2)c1)c1ccccc1. The lowest BCUT2D eigenvalue weighted by Crippen LogP contribution is -2.36. The highest BCUT2D eigenvalue weighted by atomic mass is 32.1. The van der Waals surface area contributed by atoms with E-state index >= 15 is 0 Å². The number of ether oxygens (including phenoxy) is 1. The maximum absolute atomic E-state index is 12.9. The second kappa shape index (κ2) is 9.80. The number of pyridine rings is 1. The van der Waals surface area contributed by atoms with E-state index in [0.717, 1.165) is 48.2 Å². The van der Waals surface area contributed by atoms with Crippen LogP contribution in [0, 0.1) is 0 Å². The normalized spacial score (nSPS) is 13.6. The molecule has 0 atom stereocenters. The molecule has 0 bridgehead atoms. The second-order valence-electron chi connectivity index (χ2n) is 8.39. The monoisotopic (exact) mass is 496 g/mol. The van der Waals surface area contributed by atoms with E-state index in [0.29, 0.717) is 17.2 Å². The van der Waals surface area contributed by atoms with E-state index in [4.69, 9.17) is 4.74 Å². The molecule has 0 spiro atoms. The summed E-state index contributed by atoms with van der Waals surface area (Å²) in [6.45, 7) is 3.33. The molecule has 180 valence electrons. The molecule has 1 aliphatic heterocycles. The molecule has 6 rings (SSSR count). The molecule has 0 unspecified atom stereocenters. The van der Waals surface area contributed by atoms with Crippen LogP contribution in [0.25, 0.3) is 16.2 Å². The van der Waals surface area contributed by atoms with Gasteiger partial charge in [0.05, 0.1) is 18.9 Å². The molecule has 3 aromatic heterocycles. The molecule has 5 aromatic rings. The van der Waals surface area contributed by atoms with Gasteiger partial charge in [0.1, 0.15) is 5.82 Å². The zero-order valence-corrected chi connectivity index (χ0v) is 20.2. The van der Waals surface area contributed by atoms with E-state index in [-0.39, 0.29) is 5.91 Å². The van der Waals surface area contributed by atoms with E-state index in [1.807, 2.05) is 46.3 Å². The number of imidazole rings is 1. The van der Waals surface area contributed by atoms with Crippen LogP contribution >= 0.6 is 11.3 Å². The van der Waals surface area contributed by atoms with Crippen molar-refractivity contribution < 1.29 is 9.53 Å². The molecule has 36 heavy (non-hydrogen) atoms. The van der Waals surface area contributed by atoms with Crippen LogP contribution in [0.1, 0.15) is 10.4 Å². The molecule has 0 saturated carbocycles. The summed E-state index contributed by atoms with van der Waals surface area (Å²) < 4.78 is 7.44. The second-order valence-corrected chi connectivity index (χ2v) is 9.26. The molecular weight excluding hydrogens is 472 g/mol. The third-order valence-corrected chi connectivity index (χ3v) is 6.84. The van der Waals surface area contributed by atoms with E-state index in [1.54, 1.807) is 18.3 Å². The maximum atomic E-state index is 12.9. The highest BCUT2D eigenvalue weighted by Crippen LogP contribution is 2.33. The van der Waals surface area contributed by atoms with Crippen molar-refractivity contribution >= 4 is 45.2 Å². The van der Waals surface area contributed by atoms with Crippen LogP contribution in [0.3, 0.4) is 0 Å². The van der Waals surface area contributed by atoms with Gasteiger partial charge < -0.3 is 20.3 Å². The molecule has 1 aliphatic rings. The zero-order valence-electron chi connectivity index (χ0n) is 19.4. The third-order valence-electron chi connectivity index (χ3n) is 6.08. The Kier molecular flexibility index (Phi) is 6.06. The van der Waals surface area contributed by atoms with Gasteiger partial charge in [0.2, 0.25) is 0 Å². The van der Waals surface area contributed by atoms with Crippen molar-refractivity contribution in [2.75, 3.05) is 41.8 Å². The number of thiazole rings is 1. The van der Waals surface area contributed by atoms with Crippen molar-refractivity contribution in [2.45, 2.75) is 0 Å². The number of nitrogens with zero attached hydrogens (tertiary/aromatic N) is 4. The van der Waals surface area contributed by atoms with Crippen LogP contribution in [-0.4, -0.2) is 46.6 Å². The minimum Gasteiger partial charge on any atom is -0.378 e. The lowest BCUT2D eigenvalue weighted by molar-refractivity contribution is 0.102. The molecular formula is C27H24N6O2S. The summed E-state index contributed by atoms with van der Waals surface area (Å²) in [7, 11) is 0. The predicted molar refractivity (Wildman–Crippen MR) is 143 cm³/mol. The van der Waals surface area contributed by atoms with Crippen molar-refractivity contribution in [2.24, 2.45) is 0 Å². The predicted octanol–water partition coefficient (Wildman–Crippen LogP) is 5.29. The lowest BCUT2D eigenvalue weighted by atomic mass is 10.1. The maximum Gasteiger partial charge on any atom is 0.256 e. The van der Waals surface area contributed by atoms with Gasteiger partial charge in [0.15, 0.2) is 10.8 Å². The molecule has 1 fully saturated rings. The molecule has 8 nitrogen and oxygen atoms in total. The van der Waals surface area contributed by atoms with Crippen LogP contribution in [0.2, 0.25) is 0 Å².